The molecule has 0 spiro atoms. The van der Waals surface area contributed by atoms with Crippen LogP contribution in [0.5, 0.6) is 16.7 Å². The van der Waals surface area contributed by atoms with Crippen molar-refractivity contribution in [2.24, 2.45) is 0 Å². The van der Waals surface area contributed by atoms with Crippen LogP contribution in [0.3, 0.4) is 0 Å². The van der Waals surface area contributed by atoms with Crippen LogP contribution in [0.15, 0.2) is 83.4 Å². The molecule has 3 aromatic carbocycles. The molecule has 0 fully saturated rings. The summed E-state index contributed by atoms with van der Waals surface area (Å²) in [5.74, 6) is 1.78. The Morgan fingerprint density at radius 3 is 2.65 bits per heavy atom. The molecule has 202 valence electrons. The first-order valence-corrected chi connectivity index (χ1v) is 13.2. The SMILES string of the molecule is COc1cc(OCc2cccc(NC(=O)NCc3ccccc3)c2)c2cc(-c3cn4nc(OC)sc4n3)oc2c1. The molecule has 0 aliphatic heterocycles. The van der Waals surface area contributed by atoms with Gasteiger partial charge in [0.25, 0.3) is 5.19 Å². The van der Waals surface area contributed by atoms with Gasteiger partial charge in [-0.25, -0.2) is 14.3 Å². The lowest BCUT2D eigenvalue weighted by Gasteiger charge is -2.11. The number of aromatic nitrogens is 3. The molecule has 0 bridgehead atoms. The molecular formula is C29H25N5O5S. The molecule has 2 N–H and O–H groups in total. The second-order valence-electron chi connectivity index (χ2n) is 8.86. The van der Waals surface area contributed by atoms with Crippen molar-refractivity contribution in [3.8, 4) is 28.1 Å². The van der Waals surface area contributed by atoms with E-state index in [-0.39, 0.29) is 12.6 Å². The molecule has 0 atom stereocenters. The highest BCUT2D eigenvalue weighted by molar-refractivity contribution is 7.18. The standard InChI is InChI=1S/C29H25N5O5S/c1-36-21-12-24(22-14-26(39-25(22)13-21)23-16-34-28(32-23)40-29(33-34)37-2)38-17-19-9-6-10-20(11-19)31-27(35)30-15-18-7-4-3-5-8-18/h3-14,16H,15,17H2,1-2H3,(H2,30,31,35). The molecule has 2 amide bonds. The molecule has 0 saturated carbocycles. The lowest BCUT2D eigenvalue weighted by molar-refractivity contribution is 0.251. The van der Waals surface area contributed by atoms with E-state index in [9.17, 15) is 4.79 Å². The number of nitrogens with zero attached hydrogens (tertiary/aromatic N) is 3. The van der Waals surface area contributed by atoms with Crippen LogP contribution in [0, 0.1) is 0 Å². The molecule has 6 aromatic rings. The fourth-order valence-electron chi connectivity index (χ4n) is 4.18. The Hall–Kier alpha value is -5.03. The number of hydrogen-bond donors (Lipinski definition) is 2. The average molecular weight is 556 g/mol. The predicted octanol–water partition coefficient (Wildman–Crippen LogP) is 6.12. The van der Waals surface area contributed by atoms with Gasteiger partial charge in [-0.1, -0.05) is 42.5 Å². The summed E-state index contributed by atoms with van der Waals surface area (Å²) >= 11 is 1.34. The van der Waals surface area contributed by atoms with E-state index in [1.54, 1.807) is 24.9 Å². The van der Waals surface area contributed by atoms with E-state index in [1.165, 1.54) is 11.3 Å². The number of carbonyl (C=O) groups is 1. The molecule has 6 rings (SSSR count). The van der Waals surface area contributed by atoms with Crippen molar-refractivity contribution in [1.82, 2.24) is 19.9 Å². The maximum absolute atomic E-state index is 12.4. The van der Waals surface area contributed by atoms with Gasteiger partial charge in [0.2, 0.25) is 4.96 Å². The number of furan rings is 1. The first-order chi connectivity index (χ1) is 19.6. The topological polar surface area (TPSA) is 112 Å². The van der Waals surface area contributed by atoms with E-state index in [1.807, 2.05) is 72.8 Å². The monoisotopic (exact) mass is 555 g/mol. The van der Waals surface area contributed by atoms with Crippen LogP contribution in [0.4, 0.5) is 10.5 Å². The van der Waals surface area contributed by atoms with E-state index in [4.69, 9.17) is 18.6 Å². The van der Waals surface area contributed by atoms with Crippen molar-refractivity contribution >= 4 is 39.0 Å². The minimum Gasteiger partial charge on any atom is -0.496 e. The van der Waals surface area contributed by atoms with Crippen molar-refractivity contribution in [2.75, 3.05) is 19.5 Å². The molecule has 11 heteroatoms. The highest BCUT2D eigenvalue weighted by Crippen LogP contribution is 2.37. The Morgan fingerprint density at radius 1 is 1.00 bits per heavy atom. The maximum atomic E-state index is 12.4. The van der Waals surface area contributed by atoms with Crippen LogP contribution in [-0.2, 0) is 13.2 Å². The van der Waals surface area contributed by atoms with E-state index in [0.29, 0.717) is 50.9 Å². The average Bonchev–Trinajstić information content (AvgIpc) is 3.68. The lowest BCUT2D eigenvalue weighted by atomic mass is 10.2. The van der Waals surface area contributed by atoms with Gasteiger partial charge >= 0.3 is 6.03 Å². The van der Waals surface area contributed by atoms with Gasteiger partial charge in [-0.3, -0.25) is 0 Å². The molecule has 0 saturated heterocycles. The van der Waals surface area contributed by atoms with Crippen LogP contribution in [0.1, 0.15) is 11.1 Å². The van der Waals surface area contributed by atoms with Crippen molar-refractivity contribution in [3.05, 3.63) is 90.1 Å². The zero-order chi connectivity index (χ0) is 27.5. The van der Waals surface area contributed by atoms with Crippen LogP contribution in [0.25, 0.3) is 27.4 Å². The van der Waals surface area contributed by atoms with Crippen molar-refractivity contribution in [2.45, 2.75) is 13.2 Å². The molecule has 0 radical (unpaired) electrons. The fraction of sp³-hybridized carbons (Fsp3) is 0.138. The number of rotatable bonds is 9. The highest BCUT2D eigenvalue weighted by Gasteiger charge is 2.17. The van der Waals surface area contributed by atoms with Crippen molar-refractivity contribution in [3.63, 3.8) is 0 Å². The van der Waals surface area contributed by atoms with Gasteiger partial charge in [0.05, 0.1) is 25.8 Å². The van der Waals surface area contributed by atoms with Crippen LogP contribution < -0.4 is 24.8 Å². The number of fused-ring (bicyclic) bond motifs is 2. The van der Waals surface area contributed by atoms with E-state index < -0.39 is 0 Å². The third-order valence-electron chi connectivity index (χ3n) is 6.14. The molecule has 10 nitrogen and oxygen atoms in total. The summed E-state index contributed by atoms with van der Waals surface area (Å²) in [6.07, 6.45) is 1.79. The number of ether oxygens (including phenoxy) is 3. The number of benzene rings is 3. The van der Waals surface area contributed by atoms with E-state index in [0.717, 1.165) is 16.5 Å². The maximum Gasteiger partial charge on any atom is 0.319 e. The summed E-state index contributed by atoms with van der Waals surface area (Å²) in [6, 6.07) is 22.5. The summed E-state index contributed by atoms with van der Waals surface area (Å²) in [7, 11) is 3.17. The smallest absolute Gasteiger partial charge is 0.319 e. The van der Waals surface area contributed by atoms with Gasteiger partial charge in [-0.2, -0.15) is 0 Å². The molecular weight excluding hydrogens is 530 g/mol. The van der Waals surface area contributed by atoms with Gasteiger partial charge in [0.15, 0.2) is 5.76 Å². The minimum absolute atomic E-state index is 0.272. The zero-order valence-corrected chi connectivity index (χ0v) is 22.5. The van der Waals surface area contributed by atoms with Gasteiger partial charge in [0, 0.05) is 24.4 Å². The van der Waals surface area contributed by atoms with Crippen molar-refractivity contribution < 1.29 is 23.4 Å². The fourth-order valence-corrected chi connectivity index (χ4v) is 4.88. The Bertz CT molecular complexity index is 1760. The minimum atomic E-state index is -0.282. The van der Waals surface area contributed by atoms with Crippen LogP contribution in [0.2, 0.25) is 0 Å². The summed E-state index contributed by atoms with van der Waals surface area (Å²) in [6.45, 7) is 0.712. The summed E-state index contributed by atoms with van der Waals surface area (Å²) in [4.78, 5) is 17.7. The molecule has 0 aliphatic rings. The Balaban J connectivity index is 1.17. The molecule has 3 heterocycles. The third-order valence-corrected chi connectivity index (χ3v) is 7.02. The number of nitrogens with one attached hydrogen (secondary N) is 2. The highest BCUT2D eigenvalue weighted by atomic mass is 32.1. The van der Waals surface area contributed by atoms with Gasteiger partial charge in [0.1, 0.15) is 29.4 Å². The first-order valence-electron chi connectivity index (χ1n) is 12.4. The van der Waals surface area contributed by atoms with E-state index >= 15 is 0 Å². The molecule has 40 heavy (non-hydrogen) atoms. The number of urea groups is 1. The normalized spacial score (nSPS) is 11.1. The summed E-state index contributed by atoms with van der Waals surface area (Å²) in [5.41, 5.74) is 3.83. The quantitative estimate of drug-likeness (QED) is 0.221. The van der Waals surface area contributed by atoms with Crippen LogP contribution >= 0.6 is 11.3 Å². The van der Waals surface area contributed by atoms with Crippen molar-refractivity contribution in [1.29, 1.82) is 0 Å². The number of amides is 2. The van der Waals surface area contributed by atoms with Crippen LogP contribution in [-0.4, -0.2) is 34.8 Å². The number of methoxy groups -OCH3 is 2. The molecule has 0 aliphatic carbocycles. The number of hydrogen-bond acceptors (Lipinski definition) is 8. The largest absolute Gasteiger partial charge is 0.496 e. The zero-order valence-electron chi connectivity index (χ0n) is 21.7. The van der Waals surface area contributed by atoms with Gasteiger partial charge < -0.3 is 29.3 Å². The number of carbonyl (C=O) groups excluding carboxylic acids is 1. The third kappa shape index (κ3) is 5.40. The second kappa shape index (κ2) is 11.0. The lowest BCUT2D eigenvalue weighted by Crippen LogP contribution is -2.28. The Labute approximate surface area is 233 Å². The number of imidazole rings is 1. The second-order valence-corrected chi connectivity index (χ2v) is 9.77. The predicted molar refractivity (Wildman–Crippen MR) is 152 cm³/mol. The first kappa shape index (κ1) is 25.3. The van der Waals surface area contributed by atoms with Gasteiger partial charge in [-0.05, 0) is 40.7 Å². The molecule has 3 aromatic heterocycles. The summed E-state index contributed by atoms with van der Waals surface area (Å²) < 4.78 is 24.6. The van der Waals surface area contributed by atoms with Gasteiger partial charge in [-0.15, -0.1) is 5.10 Å². The molecule has 0 unspecified atom stereocenters. The Morgan fingerprint density at radius 2 is 1.85 bits per heavy atom. The Kier molecular flexibility index (Phi) is 6.94. The number of anilines is 1. The summed E-state index contributed by atoms with van der Waals surface area (Å²) in [5, 5.41) is 11.4. The van der Waals surface area contributed by atoms with E-state index in [2.05, 4.69) is 20.7 Å².